The third kappa shape index (κ3) is 3.65. The maximum absolute atomic E-state index is 12.8. The molecule has 0 spiro atoms. The highest BCUT2D eigenvalue weighted by molar-refractivity contribution is 7.89. The Hall–Kier alpha value is -2.03. The Bertz CT molecular complexity index is 1060. The van der Waals surface area contributed by atoms with Gasteiger partial charge >= 0.3 is 5.63 Å². The van der Waals surface area contributed by atoms with Crippen molar-refractivity contribution in [3.8, 4) is 0 Å². The lowest BCUT2D eigenvalue weighted by Crippen LogP contribution is -2.28. The summed E-state index contributed by atoms with van der Waals surface area (Å²) in [5.74, 6) is 0. The predicted octanol–water partition coefficient (Wildman–Crippen LogP) is 3.30. The van der Waals surface area contributed by atoms with E-state index >= 15 is 0 Å². The van der Waals surface area contributed by atoms with E-state index in [9.17, 15) is 13.2 Å². The second-order valence-corrected chi connectivity index (χ2v) is 8.68. The lowest BCUT2D eigenvalue weighted by Gasteiger charge is -2.15. The van der Waals surface area contributed by atoms with Crippen LogP contribution in [0.25, 0.3) is 11.0 Å². The molecule has 0 saturated heterocycles. The van der Waals surface area contributed by atoms with Gasteiger partial charge in [-0.1, -0.05) is 6.92 Å². The Labute approximate surface area is 149 Å². The summed E-state index contributed by atoms with van der Waals surface area (Å²) in [4.78, 5) is 16.9. The zero-order valence-electron chi connectivity index (χ0n) is 14.1. The zero-order valence-corrected chi connectivity index (χ0v) is 15.7. The molecule has 0 unspecified atom stereocenters. The number of thiazole rings is 1. The lowest BCUT2D eigenvalue weighted by molar-refractivity contribution is 0.548. The van der Waals surface area contributed by atoms with Crippen molar-refractivity contribution >= 4 is 32.3 Å². The molecule has 0 amide bonds. The average molecular weight is 378 g/mol. The second-order valence-electron chi connectivity index (χ2n) is 5.73. The first-order valence-electron chi connectivity index (χ1n) is 7.80. The molecule has 0 saturated carbocycles. The van der Waals surface area contributed by atoms with Crippen LogP contribution in [0.2, 0.25) is 0 Å². The number of hydrogen-bond acceptors (Lipinski definition) is 6. The number of benzene rings is 1. The van der Waals surface area contributed by atoms with Crippen molar-refractivity contribution < 1.29 is 12.8 Å². The minimum Gasteiger partial charge on any atom is -0.423 e. The van der Waals surface area contributed by atoms with E-state index in [1.54, 1.807) is 6.07 Å². The predicted molar refractivity (Wildman–Crippen MR) is 97.4 cm³/mol. The summed E-state index contributed by atoms with van der Waals surface area (Å²) in [6.45, 7) is 5.79. The van der Waals surface area contributed by atoms with Crippen molar-refractivity contribution in [2.24, 2.45) is 0 Å². The number of nitrogens with one attached hydrogen (secondary N) is 1. The Morgan fingerprint density at radius 1 is 1.24 bits per heavy atom. The Kier molecular flexibility index (Phi) is 4.77. The number of sulfonamides is 1. The summed E-state index contributed by atoms with van der Waals surface area (Å²) in [5.41, 5.74) is 0.796. The van der Waals surface area contributed by atoms with Crippen LogP contribution in [-0.4, -0.2) is 13.4 Å². The van der Waals surface area contributed by atoms with Gasteiger partial charge in [0.05, 0.1) is 16.6 Å². The van der Waals surface area contributed by atoms with Gasteiger partial charge in [-0.2, -0.15) is 0 Å². The van der Waals surface area contributed by atoms with Gasteiger partial charge in [-0.05, 0) is 44.5 Å². The van der Waals surface area contributed by atoms with Crippen molar-refractivity contribution in [1.29, 1.82) is 0 Å². The van der Waals surface area contributed by atoms with Crippen LogP contribution in [0.4, 0.5) is 0 Å². The third-order valence-corrected chi connectivity index (χ3v) is 6.61. The van der Waals surface area contributed by atoms with E-state index in [1.165, 1.54) is 35.6 Å². The van der Waals surface area contributed by atoms with Crippen LogP contribution in [-0.2, 0) is 10.0 Å². The highest BCUT2D eigenvalue weighted by atomic mass is 32.2. The molecule has 0 fully saturated rings. The number of rotatable bonds is 5. The van der Waals surface area contributed by atoms with Gasteiger partial charge in [0.1, 0.15) is 10.6 Å². The first-order valence-corrected chi connectivity index (χ1v) is 10.1. The van der Waals surface area contributed by atoms with Crippen molar-refractivity contribution in [3.63, 3.8) is 0 Å². The molecular formula is C17H18N2O4S2. The largest absolute Gasteiger partial charge is 0.423 e. The maximum atomic E-state index is 12.8. The quantitative estimate of drug-likeness (QED) is 0.688. The zero-order chi connectivity index (χ0) is 18.2. The van der Waals surface area contributed by atoms with Crippen molar-refractivity contribution in [2.75, 3.05) is 0 Å². The molecule has 3 aromatic rings. The SMILES string of the molecule is CC[C@@H](NS(=O)(=O)c1ccc2oc(=O)ccc2c1)c1nc(C)c(C)s1. The first-order chi connectivity index (χ1) is 11.8. The van der Waals surface area contributed by atoms with E-state index < -0.39 is 15.6 Å². The van der Waals surface area contributed by atoms with Crippen molar-refractivity contribution in [2.45, 2.75) is 38.1 Å². The molecule has 6 nitrogen and oxygen atoms in total. The topological polar surface area (TPSA) is 89.3 Å². The fourth-order valence-corrected chi connectivity index (χ4v) is 4.88. The molecule has 3 rings (SSSR count). The standard InChI is InChI=1S/C17H18N2O4S2/c1-4-14(17-18-10(2)11(3)24-17)19-25(21,22)13-6-7-15-12(9-13)5-8-16(20)23-15/h5-9,14,19H,4H2,1-3H3/t14-/m1/s1. The van der Waals surface area contributed by atoms with Gasteiger partial charge in [-0.25, -0.2) is 22.9 Å². The minimum atomic E-state index is -3.73. The highest BCUT2D eigenvalue weighted by Crippen LogP contribution is 2.27. The summed E-state index contributed by atoms with van der Waals surface area (Å²) in [7, 11) is -3.73. The van der Waals surface area contributed by atoms with Gasteiger partial charge in [0, 0.05) is 16.3 Å². The number of aryl methyl sites for hydroxylation is 2. The normalized spacial score (nSPS) is 13.2. The molecule has 1 N–H and O–H groups in total. The van der Waals surface area contributed by atoms with Crippen molar-refractivity contribution in [1.82, 2.24) is 9.71 Å². The van der Waals surface area contributed by atoms with E-state index in [2.05, 4.69) is 9.71 Å². The summed E-state index contributed by atoms with van der Waals surface area (Å²) in [5, 5.41) is 1.31. The van der Waals surface area contributed by atoms with E-state index in [4.69, 9.17) is 4.42 Å². The number of hydrogen-bond donors (Lipinski definition) is 1. The summed E-state index contributed by atoms with van der Waals surface area (Å²) in [6, 6.07) is 6.84. The van der Waals surface area contributed by atoms with Gasteiger partial charge in [-0.15, -0.1) is 11.3 Å². The van der Waals surface area contributed by atoms with Crippen molar-refractivity contribution in [3.05, 3.63) is 56.3 Å². The maximum Gasteiger partial charge on any atom is 0.336 e. The molecular weight excluding hydrogens is 360 g/mol. The molecule has 0 radical (unpaired) electrons. The number of nitrogens with zero attached hydrogens (tertiary/aromatic N) is 1. The van der Waals surface area contributed by atoms with Crippen LogP contribution in [0.1, 0.15) is 35.0 Å². The highest BCUT2D eigenvalue weighted by Gasteiger charge is 2.23. The molecule has 0 aliphatic rings. The molecule has 0 bridgehead atoms. The van der Waals surface area contributed by atoms with Gasteiger partial charge < -0.3 is 4.42 Å². The van der Waals surface area contributed by atoms with Crippen LogP contribution in [0.5, 0.6) is 0 Å². The smallest absolute Gasteiger partial charge is 0.336 e. The molecule has 0 aliphatic heterocycles. The van der Waals surface area contributed by atoms with Gasteiger partial charge in [0.2, 0.25) is 10.0 Å². The average Bonchev–Trinajstić information content (AvgIpc) is 2.91. The summed E-state index contributed by atoms with van der Waals surface area (Å²) < 4.78 is 33.3. The fourth-order valence-electron chi connectivity index (χ4n) is 2.43. The molecule has 8 heteroatoms. The van der Waals surface area contributed by atoms with E-state index in [-0.39, 0.29) is 10.9 Å². The van der Waals surface area contributed by atoms with E-state index in [0.29, 0.717) is 17.4 Å². The Morgan fingerprint density at radius 3 is 2.64 bits per heavy atom. The monoisotopic (exact) mass is 378 g/mol. The molecule has 2 heterocycles. The molecule has 1 aromatic carbocycles. The summed E-state index contributed by atoms with van der Waals surface area (Å²) >= 11 is 1.50. The van der Waals surface area contributed by atoms with E-state index in [1.807, 2.05) is 20.8 Å². The van der Waals surface area contributed by atoms with E-state index in [0.717, 1.165) is 15.6 Å². The molecule has 2 aromatic heterocycles. The lowest BCUT2D eigenvalue weighted by atomic mass is 10.2. The summed E-state index contributed by atoms with van der Waals surface area (Å²) in [6.07, 6.45) is 0.591. The Balaban J connectivity index is 1.95. The van der Waals surface area contributed by atoms with Crippen LogP contribution < -0.4 is 10.3 Å². The molecule has 25 heavy (non-hydrogen) atoms. The minimum absolute atomic E-state index is 0.122. The van der Waals surface area contributed by atoms with Crippen LogP contribution in [0.15, 0.2) is 44.4 Å². The number of aromatic nitrogens is 1. The molecule has 1 atom stereocenters. The fraction of sp³-hybridized carbons (Fsp3) is 0.294. The van der Waals surface area contributed by atoms with Crippen LogP contribution in [0, 0.1) is 13.8 Å². The van der Waals surface area contributed by atoms with Gasteiger partial charge in [-0.3, -0.25) is 0 Å². The third-order valence-electron chi connectivity index (χ3n) is 3.95. The first kappa shape index (κ1) is 17.8. The van der Waals surface area contributed by atoms with Gasteiger partial charge in [0.15, 0.2) is 0 Å². The Morgan fingerprint density at radius 2 is 2.00 bits per heavy atom. The number of fused-ring (bicyclic) bond motifs is 1. The molecule has 0 aliphatic carbocycles. The molecule has 132 valence electrons. The van der Waals surface area contributed by atoms with Gasteiger partial charge in [0.25, 0.3) is 0 Å². The van der Waals surface area contributed by atoms with Crippen LogP contribution in [0.3, 0.4) is 0 Å². The second kappa shape index (κ2) is 6.70. The van der Waals surface area contributed by atoms with Crippen LogP contribution >= 0.6 is 11.3 Å².